The number of rotatable bonds is 3. The van der Waals surface area contributed by atoms with Crippen molar-refractivity contribution in [1.82, 2.24) is 0 Å². The first-order valence-electron chi connectivity index (χ1n) is 5.05. The Bertz CT molecular complexity index is 314. The monoisotopic (exact) mass is 223 g/mol. The first-order chi connectivity index (χ1) is 7.00. The smallest absolute Gasteiger partial charge is 0.393 e. The molecule has 0 atom stereocenters. The summed E-state index contributed by atoms with van der Waals surface area (Å²) in [7, 11) is 2.10. The van der Waals surface area contributed by atoms with Crippen molar-refractivity contribution in [2.24, 2.45) is 0 Å². The van der Waals surface area contributed by atoms with Crippen molar-refractivity contribution in [1.29, 1.82) is 0 Å². The van der Waals surface area contributed by atoms with E-state index >= 15 is 0 Å². The third-order valence-electron chi connectivity index (χ3n) is 2.33. The molecule has 1 aromatic carbocycles. The van der Waals surface area contributed by atoms with Crippen LogP contribution in [-0.2, 0) is 14.3 Å². The van der Waals surface area contributed by atoms with Gasteiger partial charge in [-0.3, -0.25) is 0 Å². The molecule has 0 aliphatic carbocycles. The molecule has 1 radical (unpaired) electrons. The van der Waals surface area contributed by atoms with Crippen LogP contribution >= 0.6 is 0 Å². The van der Waals surface area contributed by atoms with Crippen LogP contribution in [-0.4, -0.2) is 23.5 Å². The summed E-state index contributed by atoms with van der Waals surface area (Å²) in [5.41, 5.74) is 1.44. The van der Waals surface area contributed by atoms with Gasteiger partial charge in [-0.1, -0.05) is 45.0 Å². The highest BCUT2D eigenvalue weighted by atomic mass is 28.3. The van der Waals surface area contributed by atoms with Gasteiger partial charge in [0.15, 0.2) is 0 Å². The second-order valence-corrected chi connectivity index (χ2v) is 6.42. The highest BCUT2D eigenvalue weighted by Gasteiger charge is 2.25. The first kappa shape index (κ1) is 12.4. The maximum atomic E-state index is 5.40. The molecule has 15 heavy (non-hydrogen) atoms. The van der Waals surface area contributed by atoms with E-state index in [2.05, 4.69) is 39.0 Å². The van der Waals surface area contributed by atoms with Crippen molar-refractivity contribution >= 4 is 14.5 Å². The second kappa shape index (κ2) is 4.92. The Morgan fingerprint density at radius 3 is 2.00 bits per heavy atom. The van der Waals surface area contributed by atoms with Gasteiger partial charge in [-0.05, 0) is 16.2 Å². The van der Waals surface area contributed by atoms with Crippen molar-refractivity contribution in [2.75, 3.05) is 14.2 Å². The van der Waals surface area contributed by atoms with Gasteiger partial charge in [0, 0.05) is 14.2 Å². The van der Waals surface area contributed by atoms with E-state index in [0.717, 1.165) is 0 Å². The quantitative estimate of drug-likeness (QED) is 0.729. The van der Waals surface area contributed by atoms with Crippen LogP contribution in [0, 0.1) is 0 Å². The summed E-state index contributed by atoms with van der Waals surface area (Å²) in [6, 6.07) is 8.35. The molecule has 0 fully saturated rings. The molecule has 0 unspecified atom stereocenters. The molecule has 0 saturated heterocycles. The fraction of sp³-hybridized carbons (Fsp3) is 0.500. The van der Waals surface area contributed by atoms with Crippen LogP contribution in [0.5, 0.6) is 0 Å². The first-order valence-corrected chi connectivity index (χ1v) is 6.37. The van der Waals surface area contributed by atoms with Crippen LogP contribution < -0.4 is 5.19 Å². The Morgan fingerprint density at radius 1 is 1.00 bits per heavy atom. The Morgan fingerprint density at radius 2 is 1.53 bits per heavy atom. The van der Waals surface area contributed by atoms with Gasteiger partial charge in [0.1, 0.15) is 0 Å². The summed E-state index contributed by atoms with van der Waals surface area (Å²) in [6.07, 6.45) is 0. The van der Waals surface area contributed by atoms with E-state index in [4.69, 9.17) is 8.85 Å². The molecule has 0 heterocycles. The van der Waals surface area contributed by atoms with E-state index in [-0.39, 0.29) is 5.41 Å². The highest BCUT2D eigenvalue weighted by molar-refractivity contribution is 6.61. The summed E-state index contributed by atoms with van der Waals surface area (Å²) in [5.74, 6) is 0. The third-order valence-corrected chi connectivity index (χ3v) is 3.94. The maximum absolute atomic E-state index is 5.40. The van der Waals surface area contributed by atoms with Gasteiger partial charge in [-0.2, -0.15) is 0 Å². The van der Waals surface area contributed by atoms with Crippen molar-refractivity contribution in [3.8, 4) is 0 Å². The van der Waals surface area contributed by atoms with E-state index in [1.54, 1.807) is 14.2 Å². The lowest BCUT2D eigenvalue weighted by Crippen LogP contribution is -2.40. The summed E-state index contributed by atoms with van der Waals surface area (Å²) >= 11 is 0. The Balaban J connectivity index is 3.17. The lowest BCUT2D eigenvalue weighted by Gasteiger charge is -2.24. The van der Waals surface area contributed by atoms with Crippen molar-refractivity contribution < 1.29 is 8.85 Å². The van der Waals surface area contributed by atoms with Crippen LogP contribution in [0.25, 0.3) is 0 Å². The lowest BCUT2D eigenvalue weighted by molar-refractivity contribution is 0.291. The Kier molecular flexibility index (Phi) is 4.08. The zero-order valence-corrected chi connectivity index (χ0v) is 11.1. The van der Waals surface area contributed by atoms with Gasteiger partial charge in [0.25, 0.3) is 0 Å². The van der Waals surface area contributed by atoms with Gasteiger partial charge < -0.3 is 8.85 Å². The fourth-order valence-electron chi connectivity index (χ4n) is 1.62. The standard InChI is InChI=1S/C12H19O2Si/c1-12(2,3)10-8-6-7-9-11(10)15(13-4)14-5/h6-9H,1-5H3. The molecule has 0 saturated carbocycles. The SMILES string of the molecule is CO[Si](OC)c1ccccc1C(C)(C)C. The molecular weight excluding hydrogens is 204 g/mol. The predicted molar refractivity (Wildman–Crippen MR) is 64.5 cm³/mol. The van der Waals surface area contributed by atoms with Crippen LogP contribution in [0.1, 0.15) is 26.3 Å². The molecule has 2 nitrogen and oxygen atoms in total. The molecule has 0 aromatic heterocycles. The van der Waals surface area contributed by atoms with E-state index in [1.165, 1.54) is 10.8 Å². The molecule has 1 rings (SSSR count). The summed E-state index contributed by atoms with van der Waals surface area (Å²) in [6.45, 7) is 6.62. The minimum absolute atomic E-state index is 0.129. The number of hydrogen-bond donors (Lipinski definition) is 0. The highest BCUT2D eigenvalue weighted by Crippen LogP contribution is 2.20. The van der Waals surface area contributed by atoms with Crippen molar-refractivity contribution in [3.05, 3.63) is 29.8 Å². The van der Waals surface area contributed by atoms with Gasteiger partial charge in [0.2, 0.25) is 0 Å². The van der Waals surface area contributed by atoms with Gasteiger partial charge in [-0.15, -0.1) is 0 Å². The molecule has 0 amide bonds. The van der Waals surface area contributed by atoms with Crippen LogP contribution in [0.3, 0.4) is 0 Å². The summed E-state index contributed by atoms with van der Waals surface area (Å²) < 4.78 is 10.8. The largest absolute Gasteiger partial charge is 0.423 e. The van der Waals surface area contributed by atoms with Crippen LogP contribution in [0.4, 0.5) is 0 Å². The van der Waals surface area contributed by atoms with E-state index in [1.807, 2.05) is 6.07 Å². The maximum Gasteiger partial charge on any atom is 0.423 e. The molecular formula is C12H19O2Si. The Labute approximate surface area is 94.1 Å². The average Bonchev–Trinajstić information content (AvgIpc) is 2.19. The van der Waals surface area contributed by atoms with Crippen molar-refractivity contribution in [2.45, 2.75) is 26.2 Å². The molecule has 1 aromatic rings. The van der Waals surface area contributed by atoms with E-state index < -0.39 is 9.28 Å². The molecule has 0 spiro atoms. The Hall–Kier alpha value is -0.643. The number of hydrogen-bond acceptors (Lipinski definition) is 2. The summed E-state index contributed by atoms with van der Waals surface area (Å²) in [5, 5.41) is 1.21. The zero-order chi connectivity index (χ0) is 11.5. The van der Waals surface area contributed by atoms with E-state index in [0.29, 0.717) is 0 Å². The molecule has 0 bridgehead atoms. The molecule has 0 aliphatic heterocycles. The molecule has 83 valence electrons. The van der Waals surface area contributed by atoms with Crippen LogP contribution in [0.15, 0.2) is 24.3 Å². The minimum atomic E-state index is -1.31. The minimum Gasteiger partial charge on any atom is -0.393 e. The lowest BCUT2D eigenvalue weighted by atomic mass is 9.87. The normalized spacial score (nSPS) is 12.1. The molecule has 0 N–H and O–H groups in total. The zero-order valence-electron chi connectivity index (χ0n) is 10.1. The molecule has 0 aliphatic rings. The molecule has 3 heteroatoms. The van der Waals surface area contributed by atoms with Crippen LogP contribution in [0.2, 0.25) is 0 Å². The van der Waals surface area contributed by atoms with Crippen molar-refractivity contribution in [3.63, 3.8) is 0 Å². The van der Waals surface area contributed by atoms with E-state index in [9.17, 15) is 0 Å². The van der Waals surface area contributed by atoms with Gasteiger partial charge >= 0.3 is 9.28 Å². The topological polar surface area (TPSA) is 18.5 Å². The third kappa shape index (κ3) is 2.90. The fourth-order valence-corrected chi connectivity index (χ4v) is 3.14. The second-order valence-electron chi connectivity index (χ2n) is 4.49. The van der Waals surface area contributed by atoms with Gasteiger partial charge in [0.05, 0.1) is 0 Å². The summed E-state index contributed by atoms with van der Waals surface area (Å²) in [4.78, 5) is 0. The van der Waals surface area contributed by atoms with Gasteiger partial charge in [-0.25, -0.2) is 0 Å². The average molecular weight is 223 g/mol. The number of benzene rings is 1. The predicted octanol–water partition coefficient (Wildman–Crippen LogP) is 1.97.